The van der Waals surface area contributed by atoms with Crippen LogP contribution in [0.4, 0.5) is 0 Å². The molecule has 210 valence electrons. The van der Waals surface area contributed by atoms with E-state index in [1.807, 2.05) is 20.9 Å². The number of benzene rings is 1. The van der Waals surface area contributed by atoms with Crippen molar-refractivity contribution in [1.82, 2.24) is 31.0 Å². The Hall–Kier alpha value is -4.42. The molecule has 0 bridgehead atoms. The lowest BCUT2D eigenvalue weighted by atomic mass is 10.1. The Morgan fingerprint density at radius 3 is 2.54 bits per heavy atom. The van der Waals surface area contributed by atoms with Crippen molar-refractivity contribution in [2.75, 3.05) is 13.2 Å². The van der Waals surface area contributed by atoms with E-state index in [2.05, 4.69) is 26.4 Å². The fraction of sp³-hybridized carbons (Fsp3) is 0.462. The number of aromatic nitrogens is 2. The number of para-hydroxylation sites is 1. The van der Waals surface area contributed by atoms with Crippen molar-refractivity contribution in [3.63, 3.8) is 0 Å². The van der Waals surface area contributed by atoms with E-state index in [1.165, 1.54) is 6.07 Å². The van der Waals surface area contributed by atoms with Crippen molar-refractivity contribution in [2.24, 2.45) is 12.8 Å². The van der Waals surface area contributed by atoms with Gasteiger partial charge in [-0.15, -0.1) is 0 Å². The largest absolute Gasteiger partial charge is 0.491 e. The van der Waals surface area contributed by atoms with Crippen LogP contribution >= 0.6 is 0 Å². The monoisotopic (exact) mass is 541 g/mol. The van der Waals surface area contributed by atoms with Crippen LogP contribution in [0, 0.1) is 13.8 Å². The molecule has 0 saturated carbocycles. The number of hydrogen-bond donors (Lipinski definition) is 5. The summed E-state index contributed by atoms with van der Waals surface area (Å²) in [5, 5.41) is 14.9. The second-order valence-corrected chi connectivity index (χ2v) is 9.55. The van der Waals surface area contributed by atoms with Gasteiger partial charge in [0.25, 0.3) is 5.91 Å². The minimum absolute atomic E-state index is 0.00433. The molecule has 6 N–H and O–H groups in total. The quantitative estimate of drug-likeness (QED) is 0.315. The third kappa shape index (κ3) is 7.79. The van der Waals surface area contributed by atoms with E-state index >= 15 is 0 Å². The summed E-state index contributed by atoms with van der Waals surface area (Å²) in [6.07, 6.45) is -0.426. The van der Waals surface area contributed by atoms with E-state index in [0.717, 1.165) is 17.0 Å². The minimum atomic E-state index is -1.28. The highest BCUT2D eigenvalue weighted by Crippen LogP contribution is 2.19. The first kappa shape index (κ1) is 29.1. The lowest BCUT2D eigenvalue weighted by Gasteiger charge is -2.24. The molecule has 5 amide bonds. The number of amides is 5. The van der Waals surface area contributed by atoms with Gasteiger partial charge in [-0.3, -0.25) is 28.7 Å². The molecule has 1 aliphatic heterocycles. The van der Waals surface area contributed by atoms with Crippen LogP contribution in [-0.4, -0.2) is 70.6 Å². The lowest BCUT2D eigenvalue weighted by Crippen LogP contribution is -2.54. The number of rotatable bonds is 6. The molecular formula is C26H35N7O6. The van der Waals surface area contributed by atoms with Crippen LogP contribution in [0.1, 0.15) is 47.1 Å². The van der Waals surface area contributed by atoms with Gasteiger partial charge < -0.3 is 31.7 Å². The molecule has 0 unspecified atom stereocenters. The zero-order chi connectivity index (χ0) is 28.7. The Labute approximate surface area is 226 Å². The van der Waals surface area contributed by atoms with Gasteiger partial charge in [0.2, 0.25) is 23.6 Å². The Morgan fingerprint density at radius 2 is 1.87 bits per heavy atom. The summed E-state index contributed by atoms with van der Waals surface area (Å²) in [5.41, 5.74) is 8.25. The average Bonchev–Trinajstić information content (AvgIpc) is 3.11. The van der Waals surface area contributed by atoms with Crippen molar-refractivity contribution in [2.45, 2.75) is 58.2 Å². The number of nitrogens with zero attached hydrogens (tertiary/aromatic N) is 2. The third-order valence-electron chi connectivity index (χ3n) is 6.41. The fourth-order valence-electron chi connectivity index (χ4n) is 4.29. The van der Waals surface area contributed by atoms with Crippen LogP contribution < -0.4 is 31.7 Å². The van der Waals surface area contributed by atoms with Gasteiger partial charge in [-0.05, 0) is 44.9 Å². The number of carbonyl (C=O) groups is 5. The van der Waals surface area contributed by atoms with Gasteiger partial charge in [-0.1, -0.05) is 12.1 Å². The predicted octanol–water partition coefficient (Wildman–Crippen LogP) is -0.858. The number of aryl methyl sites for hydroxylation is 2. The highest BCUT2D eigenvalue weighted by Gasteiger charge is 2.30. The summed E-state index contributed by atoms with van der Waals surface area (Å²) in [7, 11) is 1.83. The molecule has 0 saturated heterocycles. The van der Waals surface area contributed by atoms with Gasteiger partial charge in [0.1, 0.15) is 24.4 Å². The van der Waals surface area contributed by atoms with Crippen LogP contribution in [0.15, 0.2) is 24.3 Å². The molecule has 13 heteroatoms. The molecular weight excluding hydrogens is 506 g/mol. The summed E-state index contributed by atoms with van der Waals surface area (Å²) < 4.78 is 7.53. The van der Waals surface area contributed by atoms with E-state index < -0.39 is 60.5 Å². The number of nitrogens with one attached hydrogen (secondary N) is 4. The zero-order valence-electron chi connectivity index (χ0n) is 22.5. The smallest absolute Gasteiger partial charge is 0.255 e. The third-order valence-corrected chi connectivity index (χ3v) is 6.41. The molecule has 13 nitrogen and oxygen atoms in total. The maximum Gasteiger partial charge on any atom is 0.255 e. The van der Waals surface area contributed by atoms with Gasteiger partial charge in [-0.2, -0.15) is 5.10 Å². The molecule has 3 atom stereocenters. The second-order valence-electron chi connectivity index (χ2n) is 9.55. The summed E-state index contributed by atoms with van der Waals surface area (Å²) in [4.78, 5) is 63.6. The van der Waals surface area contributed by atoms with Gasteiger partial charge >= 0.3 is 0 Å². The SMILES string of the molecule is Cc1nn(C)c(C)c1CCNC(=O)[C@@H]1CC(=O)N[C@@H](CC(N)=O)C(=O)N[C@H](C)COc2ccccc2C(=O)N1. The van der Waals surface area contributed by atoms with Gasteiger partial charge in [0, 0.05) is 19.3 Å². The maximum absolute atomic E-state index is 13.2. The molecule has 0 spiro atoms. The van der Waals surface area contributed by atoms with Crippen molar-refractivity contribution in [3.8, 4) is 5.75 Å². The maximum atomic E-state index is 13.2. The van der Waals surface area contributed by atoms with E-state index in [1.54, 1.807) is 29.8 Å². The van der Waals surface area contributed by atoms with Crippen molar-refractivity contribution in [1.29, 1.82) is 0 Å². The van der Waals surface area contributed by atoms with Crippen LogP contribution in [0.3, 0.4) is 0 Å². The Bertz CT molecular complexity index is 1260. The van der Waals surface area contributed by atoms with Crippen LogP contribution in [-0.2, 0) is 32.6 Å². The number of hydrogen-bond acceptors (Lipinski definition) is 7. The molecule has 1 aliphatic rings. The van der Waals surface area contributed by atoms with E-state index in [4.69, 9.17) is 10.5 Å². The molecule has 2 aromatic rings. The first-order valence-corrected chi connectivity index (χ1v) is 12.6. The highest BCUT2D eigenvalue weighted by atomic mass is 16.5. The zero-order valence-corrected chi connectivity index (χ0v) is 22.5. The van der Waals surface area contributed by atoms with Gasteiger partial charge in [0.15, 0.2) is 0 Å². The Kier molecular flexibility index (Phi) is 9.63. The van der Waals surface area contributed by atoms with Crippen LogP contribution in [0.5, 0.6) is 5.75 Å². The lowest BCUT2D eigenvalue weighted by molar-refractivity contribution is -0.133. The highest BCUT2D eigenvalue weighted by molar-refractivity contribution is 6.01. The normalized spacial score (nSPS) is 20.4. The molecule has 3 rings (SSSR count). The van der Waals surface area contributed by atoms with E-state index in [-0.39, 0.29) is 24.5 Å². The molecule has 0 fully saturated rings. The summed E-state index contributed by atoms with van der Waals surface area (Å²) in [5.74, 6) is -3.10. The van der Waals surface area contributed by atoms with Crippen molar-refractivity contribution < 1.29 is 28.7 Å². The first-order valence-electron chi connectivity index (χ1n) is 12.6. The first-order chi connectivity index (χ1) is 18.5. The number of nitrogens with two attached hydrogens (primary N) is 1. The average molecular weight is 542 g/mol. The number of ether oxygens (including phenoxy) is 1. The molecule has 1 aromatic carbocycles. The summed E-state index contributed by atoms with van der Waals surface area (Å²) in [6, 6.07) is 3.39. The topological polar surface area (TPSA) is 187 Å². The van der Waals surface area contributed by atoms with E-state index in [9.17, 15) is 24.0 Å². The van der Waals surface area contributed by atoms with Crippen molar-refractivity contribution >= 4 is 29.5 Å². The van der Waals surface area contributed by atoms with E-state index in [0.29, 0.717) is 6.42 Å². The predicted molar refractivity (Wildman–Crippen MR) is 141 cm³/mol. The molecule has 0 aliphatic carbocycles. The molecule has 2 heterocycles. The molecule has 39 heavy (non-hydrogen) atoms. The van der Waals surface area contributed by atoms with Gasteiger partial charge in [0.05, 0.1) is 30.1 Å². The Balaban J connectivity index is 1.83. The van der Waals surface area contributed by atoms with Crippen LogP contribution in [0.25, 0.3) is 0 Å². The number of carbonyl (C=O) groups excluding carboxylic acids is 5. The van der Waals surface area contributed by atoms with Crippen molar-refractivity contribution in [3.05, 3.63) is 46.8 Å². The molecule has 0 radical (unpaired) electrons. The van der Waals surface area contributed by atoms with Gasteiger partial charge in [-0.25, -0.2) is 0 Å². The summed E-state index contributed by atoms with van der Waals surface area (Å²) in [6.45, 7) is 5.73. The molecule has 1 aromatic heterocycles. The number of primary amides is 1. The second kappa shape index (κ2) is 12.9. The Morgan fingerprint density at radius 1 is 1.15 bits per heavy atom. The van der Waals surface area contributed by atoms with Crippen LogP contribution in [0.2, 0.25) is 0 Å². The standard InChI is InChI=1S/C26H35N7O6/c1-14-13-39-21-8-6-5-7-18(21)24(36)31-20(12-23(35)30-19(11-22(27)34)26(38)29-14)25(37)28-10-9-17-15(2)32-33(4)16(17)3/h5-8,14,19-20H,9-13H2,1-4H3,(H2,27,34)(H,28,37)(H,29,38)(H,30,35)(H,31,36)/t14-,19+,20+/m1/s1. The minimum Gasteiger partial charge on any atom is -0.491 e. The fourth-order valence-corrected chi connectivity index (χ4v) is 4.29. The summed E-state index contributed by atoms with van der Waals surface area (Å²) >= 11 is 0. The number of fused-ring (bicyclic) bond motifs is 1.